The van der Waals surface area contributed by atoms with E-state index in [2.05, 4.69) is 5.32 Å². The van der Waals surface area contributed by atoms with Crippen molar-refractivity contribution in [2.24, 2.45) is 0 Å². The quantitative estimate of drug-likeness (QED) is 0.562. The average Bonchev–Trinajstić information content (AvgIpc) is 2.07. The van der Waals surface area contributed by atoms with Gasteiger partial charge in [0, 0.05) is 5.75 Å². The predicted octanol–water partition coefficient (Wildman–Crippen LogP) is -0.772. The van der Waals surface area contributed by atoms with Crippen molar-refractivity contribution in [1.82, 2.24) is 0 Å². The lowest BCUT2D eigenvalue weighted by Gasteiger charge is -2.17. The number of carbonyl (C=O) groups excluding carboxylic acids is 1. The highest BCUT2D eigenvalue weighted by molar-refractivity contribution is 7.99. The van der Waals surface area contributed by atoms with E-state index in [-0.39, 0.29) is 12.0 Å². The molecule has 0 saturated carbocycles. The van der Waals surface area contributed by atoms with Crippen LogP contribution in [0.15, 0.2) is 0 Å². The summed E-state index contributed by atoms with van der Waals surface area (Å²) in [7, 11) is 0. The number of hydrogen-bond acceptors (Lipinski definition) is 3. The van der Waals surface area contributed by atoms with Crippen LogP contribution < -0.4 is 5.32 Å². The summed E-state index contributed by atoms with van der Waals surface area (Å²) in [5.41, 5.74) is 0. The van der Waals surface area contributed by atoms with Gasteiger partial charge in [-0.1, -0.05) is 0 Å². The zero-order valence-corrected chi connectivity index (χ0v) is 7.52. The SMILES string of the molecule is CCOC(=O)[C@@H]1CSCC[NH2+]1. The molecule has 1 saturated heterocycles. The maximum Gasteiger partial charge on any atom is 0.365 e. The lowest BCUT2D eigenvalue weighted by Crippen LogP contribution is -2.94. The minimum absolute atomic E-state index is 0.0497. The number of esters is 1. The van der Waals surface area contributed by atoms with Gasteiger partial charge in [-0.3, -0.25) is 0 Å². The number of quaternary nitrogens is 1. The molecule has 1 aliphatic heterocycles. The van der Waals surface area contributed by atoms with Gasteiger partial charge in [0.05, 0.1) is 18.9 Å². The summed E-state index contributed by atoms with van der Waals surface area (Å²) < 4.78 is 4.90. The average molecular weight is 176 g/mol. The molecule has 0 aromatic heterocycles. The number of ether oxygens (including phenoxy) is 1. The molecule has 0 spiro atoms. The minimum Gasteiger partial charge on any atom is -0.462 e. The molecule has 2 N–H and O–H groups in total. The number of nitrogens with two attached hydrogens (primary N) is 1. The van der Waals surface area contributed by atoms with Gasteiger partial charge in [0.2, 0.25) is 0 Å². The van der Waals surface area contributed by atoms with Gasteiger partial charge in [-0.2, -0.15) is 0 Å². The molecule has 1 fully saturated rings. The fraction of sp³-hybridized carbons (Fsp3) is 0.857. The zero-order valence-electron chi connectivity index (χ0n) is 6.71. The Bertz CT molecular complexity index is 134. The van der Waals surface area contributed by atoms with E-state index in [1.54, 1.807) is 0 Å². The number of hydrogen-bond donors (Lipinski definition) is 1. The van der Waals surface area contributed by atoms with Crippen molar-refractivity contribution in [1.29, 1.82) is 0 Å². The van der Waals surface area contributed by atoms with Gasteiger partial charge in [-0.25, -0.2) is 4.79 Å². The van der Waals surface area contributed by atoms with Gasteiger partial charge in [0.1, 0.15) is 0 Å². The van der Waals surface area contributed by atoms with Crippen molar-refractivity contribution in [3.63, 3.8) is 0 Å². The summed E-state index contributed by atoms with van der Waals surface area (Å²) in [5.74, 6) is 1.99. The Balaban J connectivity index is 2.27. The Labute approximate surface area is 70.9 Å². The predicted molar refractivity (Wildman–Crippen MR) is 44.5 cm³/mol. The number of rotatable bonds is 2. The molecule has 0 unspecified atom stereocenters. The van der Waals surface area contributed by atoms with E-state index in [0.717, 1.165) is 18.1 Å². The molecule has 11 heavy (non-hydrogen) atoms. The van der Waals surface area contributed by atoms with Gasteiger partial charge in [-0.15, -0.1) is 11.8 Å². The molecule has 0 aromatic carbocycles. The third kappa shape index (κ3) is 2.71. The summed E-state index contributed by atoms with van der Waals surface area (Å²) in [5, 5.41) is 2.06. The van der Waals surface area contributed by atoms with Gasteiger partial charge in [-0.05, 0) is 6.92 Å². The number of carbonyl (C=O) groups is 1. The first-order valence-electron chi connectivity index (χ1n) is 3.92. The molecule has 0 bridgehead atoms. The molecule has 64 valence electrons. The Kier molecular flexibility index (Phi) is 3.72. The van der Waals surface area contributed by atoms with Crippen LogP contribution in [0.4, 0.5) is 0 Å². The third-order valence-corrected chi connectivity index (χ3v) is 2.72. The lowest BCUT2D eigenvalue weighted by molar-refractivity contribution is -0.672. The van der Waals surface area contributed by atoms with Crippen LogP contribution in [0.5, 0.6) is 0 Å². The topological polar surface area (TPSA) is 42.9 Å². The fourth-order valence-electron chi connectivity index (χ4n) is 1.04. The Morgan fingerprint density at radius 3 is 3.18 bits per heavy atom. The van der Waals surface area contributed by atoms with Gasteiger partial charge >= 0.3 is 5.97 Å². The molecule has 4 heteroatoms. The molecular weight excluding hydrogens is 162 g/mol. The van der Waals surface area contributed by atoms with E-state index >= 15 is 0 Å². The molecule has 1 aliphatic rings. The van der Waals surface area contributed by atoms with Gasteiger partial charge in [0.25, 0.3) is 0 Å². The summed E-state index contributed by atoms with van der Waals surface area (Å²) >= 11 is 1.83. The first kappa shape index (κ1) is 8.87. The second-order valence-corrected chi connectivity index (χ2v) is 3.61. The Morgan fingerprint density at radius 2 is 2.64 bits per heavy atom. The van der Waals surface area contributed by atoms with Gasteiger partial charge < -0.3 is 10.1 Å². The van der Waals surface area contributed by atoms with E-state index in [1.807, 2.05) is 18.7 Å². The number of thioether (sulfide) groups is 1. The highest BCUT2D eigenvalue weighted by atomic mass is 32.2. The lowest BCUT2D eigenvalue weighted by atomic mass is 10.3. The van der Waals surface area contributed by atoms with Crippen molar-refractivity contribution in [3.8, 4) is 0 Å². The van der Waals surface area contributed by atoms with Crippen molar-refractivity contribution >= 4 is 17.7 Å². The Hall–Kier alpha value is -0.220. The van der Waals surface area contributed by atoms with E-state index in [9.17, 15) is 4.79 Å². The third-order valence-electron chi connectivity index (χ3n) is 1.60. The van der Waals surface area contributed by atoms with Gasteiger partial charge in [0.15, 0.2) is 6.04 Å². The van der Waals surface area contributed by atoms with Crippen LogP contribution in [0, 0.1) is 0 Å². The van der Waals surface area contributed by atoms with Crippen molar-refractivity contribution in [2.75, 3.05) is 24.7 Å². The van der Waals surface area contributed by atoms with Crippen LogP contribution in [0.25, 0.3) is 0 Å². The monoisotopic (exact) mass is 176 g/mol. The molecule has 1 rings (SSSR count). The highest BCUT2D eigenvalue weighted by Crippen LogP contribution is 2.03. The van der Waals surface area contributed by atoms with Crippen LogP contribution >= 0.6 is 11.8 Å². The maximum absolute atomic E-state index is 11.1. The maximum atomic E-state index is 11.1. The van der Waals surface area contributed by atoms with E-state index in [1.165, 1.54) is 0 Å². The van der Waals surface area contributed by atoms with Crippen molar-refractivity contribution < 1.29 is 14.8 Å². The molecular formula is C7H14NO2S+. The van der Waals surface area contributed by atoms with Crippen molar-refractivity contribution in [3.05, 3.63) is 0 Å². The second-order valence-electron chi connectivity index (χ2n) is 2.46. The molecule has 0 aliphatic carbocycles. The van der Waals surface area contributed by atoms with E-state index in [4.69, 9.17) is 4.74 Å². The molecule has 0 radical (unpaired) electrons. The smallest absolute Gasteiger partial charge is 0.365 e. The zero-order chi connectivity index (χ0) is 8.10. The summed E-state index contributed by atoms with van der Waals surface area (Å²) in [6.07, 6.45) is 0. The molecule has 1 heterocycles. The largest absolute Gasteiger partial charge is 0.462 e. The summed E-state index contributed by atoms with van der Waals surface area (Å²) in [6, 6.07) is 0.0497. The molecule has 3 nitrogen and oxygen atoms in total. The van der Waals surface area contributed by atoms with Crippen LogP contribution in [-0.4, -0.2) is 36.7 Å². The standard InChI is InChI=1S/C7H13NO2S/c1-2-10-7(9)6-5-11-4-3-8-6/h6,8H,2-5H2,1H3/p+1/t6-/m0/s1. The first-order valence-corrected chi connectivity index (χ1v) is 5.07. The molecule has 0 aromatic rings. The normalized spacial score (nSPS) is 24.6. The van der Waals surface area contributed by atoms with Crippen LogP contribution in [-0.2, 0) is 9.53 Å². The second kappa shape index (κ2) is 4.62. The van der Waals surface area contributed by atoms with Crippen LogP contribution in [0.2, 0.25) is 0 Å². The summed E-state index contributed by atoms with van der Waals surface area (Å²) in [6.45, 7) is 3.37. The Morgan fingerprint density at radius 1 is 1.82 bits per heavy atom. The highest BCUT2D eigenvalue weighted by Gasteiger charge is 2.25. The van der Waals surface area contributed by atoms with E-state index in [0.29, 0.717) is 6.61 Å². The van der Waals surface area contributed by atoms with Crippen LogP contribution in [0.3, 0.4) is 0 Å². The molecule has 0 amide bonds. The summed E-state index contributed by atoms with van der Waals surface area (Å²) in [4.78, 5) is 11.1. The fourth-order valence-corrected chi connectivity index (χ4v) is 2.04. The first-order chi connectivity index (χ1) is 5.34. The van der Waals surface area contributed by atoms with E-state index < -0.39 is 0 Å². The van der Waals surface area contributed by atoms with Crippen molar-refractivity contribution in [2.45, 2.75) is 13.0 Å². The van der Waals surface area contributed by atoms with Crippen LogP contribution in [0.1, 0.15) is 6.92 Å². The molecule has 1 atom stereocenters. The minimum atomic E-state index is -0.0558.